The molecule has 0 saturated carbocycles. The molecule has 0 spiro atoms. The van der Waals surface area contributed by atoms with Crippen molar-refractivity contribution in [3.05, 3.63) is 176 Å². The molecule has 6 nitrogen and oxygen atoms in total. The molecule has 1 N–H and O–H groups in total. The molecule has 1 heterocycles. The van der Waals surface area contributed by atoms with Crippen LogP contribution in [0.1, 0.15) is 84.5 Å². The van der Waals surface area contributed by atoms with Gasteiger partial charge in [0.25, 0.3) is 0 Å². The molecule has 240 valence electrons. The van der Waals surface area contributed by atoms with Crippen molar-refractivity contribution in [2.24, 2.45) is 0 Å². The molecule has 5 aromatic rings. The summed E-state index contributed by atoms with van der Waals surface area (Å²) in [5.41, 5.74) is 5.39. The molecule has 1 aliphatic rings. The largest absolute Gasteiger partial charge is 1.00 e. The van der Waals surface area contributed by atoms with Crippen molar-refractivity contribution in [3.63, 3.8) is 0 Å². The van der Waals surface area contributed by atoms with Crippen LogP contribution in [0.5, 0.6) is 0 Å². The zero-order valence-electron chi connectivity index (χ0n) is 27.5. The van der Waals surface area contributed by atoms with Gasteiger partial charge in [-0.15, -0.1) is 0 Å². The van der Waals surface area contributed by atoms with Gasteiger partial charge in [-0.1, -0.05) is 110 Å². The molecule has 0 aliphatic carbocycles. The van der Waals surface area contributed by atoms with E-state index < -0.39 is 17.9 Å². The van der Waals surface area contributed by atoms with Crippen LogP contribution >= 0.6 is 15.9 Å². The molecule has 8 heteroatoms. The maximum atomic E-state index is 12.3. The third kappa shape index (κ3) is 11.9. The predicted molar refractivity (Wildman–Crippen MR) is 187 cm³/mol. The number of aromatic carboxylic acids is 1. The molecule has 5 aromatic carbocycles. The number of carboxylic acid groups (broad SMARTS) is 1. The molecule has 0 fully saturated rings. The van der Waals surface area contributed by atoms with E-state index in [0.29, 0.717) is 16.7 Å². The first-order chi connectivity index (χ1) is 22.7. The van der Waals surface area contributed by atoms with Crippen molar-refractivity contribution in [2.75, 3.05) is 0 Å². The quantitative estimate of drug-likeness (QED) is 0.0742. The fraction of sp³-hybridized carbons (Fsp3) is 0.150. The number of aryl methyl sites for hydroxylation is 3. The first-order valence-corrected chi connectivity index (χ1v) is 16.0. The monoisotopic (exact) mass is 698 g/mol. The van der Waals surface area contributed by atoms with Gasteiger partial charge in [-0.3, -0.25) is 4.79 Å². The van der Waals surface area contributed by atoms with Crippen molar-refractivity contribution >= 4 is 39.6 Å². The van der Waals surface area contributed by atoms with E-state index in [1.165, 1.54) is 17.2 Å². The number of hydrogen-bond acceptors (Lipinski definition) is 5. The van der Waals surface area contributed by atoms with Crippen molar-refractivity contribution in [2.45, 2.75) is 40.0 Å². The van der Waals surface area contributed by atoms with Crippen molar-refractivity contribution in [1.29, 1.82) is 0 Å². The fourth-order valence-corrected chi connectivity index (χ4v) is 4.59. The van der Waals surface area contributed by atoms with Crippen LogP contribution in [-0.2, 0) is 24.0 Å². The van der Waals surface area contributed by atoms with Crippen molar-refractivity contribution in [1.82, 2.24) is 0 Å². The third-order valence-corrected chi connectivity index (χ3v) is 7.62. The van der Waals surface area contributed by atoms with Crippen molar-refractivity contribution in [3.8, 4) is 0 Å². The number of halogens is 1. The molecule has 6 rings (SSSR count). The number of carbonyl (C=O) groups excluding carboxylic acids is 3. The SMILES string of the molecule is CCc1cc[c-]cc1.CCc1ccc(Br)cc1.CCc1ccc(C(=O)c2ccccc2C(=O)O)cc1.O=C1OC(=O)c2ccccc21.[Li+]. The van der Waals surface area contributed by atoms with Crippen molar-refractivity contribution < 1.29 is 47.9 Å². The van der Waals surface area contributed by atoms with Gasteiger partial charge in [0.2, 0.25) is 0 Å². The Balaban J connectivity index is 0.000000236. The molecule has 0 aromatic heterocycles. The first-order valence-electron chi connectivity index (χ1n) is 15.2. The Morgan fingerprint density at radius 2 is 1.04 bits per heavy atom. The number of ketones is 1. The van der Waals surface area contributed by atoms with E-state index in [1.807, 2.05) is 31.2 Å². The van der Waals surface area contributed by atoms with E-state index in [-0.39, 0.29) is 35.8 Å². The zero-order valence-corrected chi connectivity index (χ0v) is 29.1. The number of esters is 2. The molecule has 48 heavy (non-hydrogen) atoms. The Kier molecular flexibility index (Phi) is 17.0. The van der Waals surface area contributed by atoms with E-state index in [4.69, 9.17) is 5.11 Å². The maximum Gasteiger partial charge on any atom is 1.00 e. The van der Waals surface area contributed by atoms with Gasteiger partial charge in [-0.25, -0.2) is 14.4 Å². The van der Waals surface area contributed by atoms with Crippen LogP contribution in [0.3, 0.4) is 0 Å². The van der Waals surface area contributed by atoms with Gasteiger partial charge in [0.05, 0.1) is 16.7 Å². The maximum absolute atomic E-state index is 12.3. The Bertz CT molecular complexity index is 1750. The summed E-state index contributed by atoms with van der Waals surface area (Å²) in [6, 6.07) is 39.4. The minimum atomic E-state index is -1.09. The van der Waals surface area contributed by atoms with Gasteiger partial charge in [0.1, 0.15) is 0 Å². The number of fused-ring (bicyclic) bond motifs is 1. The van der Waals surface area contributed by atoms with Crippen LogP contribution in [0.4, 0.5) is 0 Å². The average Bonchev–Trinajstić information content (AvgIpc) is 3.42. The van der Waals surface area contributed by atoms with Gasteiger partial charge in [-0.2, -0.15) is 35.9 Å². The number of cyclic esters (lactones) is 2. The first kappa shape index (κ1) is 39.6. The van der Waals surface area contributed by atoms with E-state index >= 15 is 0 Å². The number of ether oxygens (including phenoxy) is 1. The number of rotatable bonds is 6. The zero-order chi connectivity index (χ0) is 34.2. The summed E-state index contributed by atoms with van der Waals surface area (Å²) < 4.78 is 5.51. The molecule has 0 amide bonds. The third-order valence-electron chi connectivity index (χ3n) is 7.10. The molecule has 0 saturated heterocycles. The summed E-state index contributed by atoms with van der Waals surface area (Å²) in [5.74, 6) is -2.45. The smallest absolute Gasteiger partial charge is 0.478 e. The van der Waals surface area contributed by atoms with Gasteiger partial charge in [0, 0.05) is 15.6 Å². The van der Waals surface area contributed by atoms with Crippen LogP contribution in [-0.4, -0.2) is 28.8 Å². The van der Waals surface area contributed by atoms with Gasteiger partial charge in [-0.05, 0) is 54.3 Å². The normalized spacial score (nSPS) is 10.7. The Morgan fingerprint density at radius 3 is 1.48 bits per heavy atom. The molecular weight excluding hydrogens is 663 g/mol. The van der Waals surface area contributed by atoms with E-state index in [0.717, 1.165) is 29.3 Å². The second-order valence-corrected chi connectivity index (χ2v) is 11.1. The number of benzene rings is 5. The summed E-state index contributed by atoms with van der Waals surface area (Å²) in [6.07, 6.45) is 3.14. The molecule has 0 radical (unpaired) electrons. The number of hydrogen-bond donors (Lipinski definition) is 1. The topological polar surface area (TPSA) is 97.7 Å². The van der Waals surface area contributed by atoms with Gasteiger partial charge in [0.15, 0.2) is 5.78 Å². The van der Waals surface area contributed by atoms with Gasteiger partial charge < -0.3 is 9.84 Å². The van der Waals surface area contributed by atoms with Crippen LogP contribution in [0, 0.1) is 6.07 Å². The Morgan fingerprint density at radius 1 is 0.625 bits per heavy atom. The minimum Gasteiger partial charge on any atom is -0.478 e. The predicted octanol–water partition coefficient (Wildman–Crippen LogP) is 6.24. The molecular formula is C40H36BrLiO6. The second-order valence-electron chi connectivity index (χ2n) is 10.2. The molecule has 1 aliphatic heterocycles. The Hall–Kier alpha value is -4.54. The van der Waals surface area contributed by atoms with Gasteiger partial charge >= 0.3 is 36.8 Å². The van der Waals surface area contributed by atoms with E-state index in [1.54, 1.807) is 54.6 Å². The van der Waals surface area contributed by atoms with Crippen LogP contribution < -0.4 is 18.9 Å². The summed E-state index contributed by atoms with van der Waals surface area (Å²) in [6.45, 7) is 6.34. The summed E-state index contributed by atoms with van der Waals surface area (Å²) in [7, 11) is 0. The van der Waals surface area contributed by atoms with E-state index in [9.17, 15) is 19.2 Å². The van der Waals surface area contributed by atoms with Crippen LogP contribution in [0.15, 0.2) is 126 Å². The molecule has 0 bridgehead atoms. The number of carboxylic acids is 1. The summed E-state index contributed by atoms with van der Waals surface area (Å²) >= 11 is 3.37. The second kappa shape index (κ2) is 20.6. The van der Waals surface area contributed by atoms with E-state index in [2.05, 4.69) is 77.0 Å². The standard InChI is InChI=1S/C16H14O3.C8H9Br.C8H4O3.C8H9.Li/c1-2-11-7-9-12(10-8-11)15(17)13-5-3-4-6-14(13)16(18)19;1-2-7-3-5-8(9)6-4-7;9-7-5-3-1-2-4-6(5)8(10)11-7;1-2-8-6-4-3-5-7-8;/h3-10H,2H2,1H3,(H,18,19);3-6H,2H2,1H3;1-4H;4-7H,2H2,1H3;/q;;;-1;+1. The number of carbonyl (C=O) groups is 4. The summed E-state index contributed by atoms with van der Waals surface area (Å²) in [4.78, 5) is 45.1. The minimum absolute atomic E-state index is 0. The Labute approximate surface area is 302 Å². The summed E-state index contributed by atoms with van der Waals surface area (Å²) in [5, 5.41) is 9.09. The van der Waals surface area contributed by atoms with Crippen LogP contribution in [0.2, 0.25) is 0 Å². The van der Waals surface area contributed by atoms with Crippen LogP contribution in [0.25, 0.3) is 0 Å². The molecule has 0 unspecified atom stereocenters. The fourth-order valence-electron chi connectivity index (χ4n) is 4.33. The molecule has 0 atom stereocenters. The average molecular weight is 700 g/mol.